The van der Waals surface area contributed by atoms with Gasteiger partial charge >= 0.3 is 0 Å². The van der Waals surface area contributed by atoms with Gasteiger partial charge in [-0.15, -0.1) is 0 Å². The number of hydrogen-bond acceptors (Lipinski definition) is 3. The summed E-state index contributed by atoms with van der Waals surface area (Å²) in [7, 11) is 1.56. The standard InChI is InChI=1S/C11H13BrClNO3/c1-17-6-8(5-12)14-11(16)9-3-2-7(13)4-10(9)15/h2-4,8,15H,5-6H2,1H3,(H,14,16). The van der Waals surface area contributed by atoms with Gasteiger partial charge in [-0.3, -0.25) is 4.79 Å². The molecule has 0 spiro atoms. The molecule has 2 N–H and O–H groups in total. The van der Waals surface area contributed by atoms with Crippen LogP contribution in [-0.4, -0.2) is 36.1 Å². The van der Waals surface area contributed by atoms with Crippen LogP contribution in [-0.2, 0) is 4.74 Å². The zero-order chi connectivity index (χ0) is 12.8. The zero-order valence-corrected chi connectivity index (χ0v) is 11.6. The predicted molar refractivity (Wildman–Crippen MR) is 70.0 cm³/mol. The lowest BCUT2D eigenvalue weighted by Gasteiger charge is -2.15. The summed E-state index contributed by atoms with van der Waals surface area (Å²) in [6.07, 6.45) is 0. The highest BCUT2D eigenvalue weighted by atomic mass is 79.9. The average Bonchev–Trinajstić information content (AvgIpc) is 2.28. The second-order valence-corrected chi connectivity index (χ2v) is 4.53. The predicted octanol–water partition coefficient (Wildman–Crippen LogP) is 2.19. The summed E-state index contributed by atoms with van der Waals surface area (Å²) in [5.41, 5.74) is 0.191. The Morgan fingerprint density at radius 3 is 2.88 bits per heavy atom. The fourth-order valence-corrected chi connectivity index (χ4v) is 1.80. The lowest BCUT2D eigenvalue weighted by atomic mass is 10.2. The van der Waals surface area contributed by atoms with E-state index in [1.165, 1.54) is 12.1 Å². The van der Waals surface area contributed by atoms with Gasteiger partial charge in [0.2, 0.25) is 0 Å². The van der Waals surface area contributed by atoms with Gasteiger partial charge in [0.05, 0.1) is 18.2 Å². The number of alkyl halides is 1. The summed E-state index contributed by atoms with van der Waals surface area (Å²) in [6, 6.07) is 4.21. The minimum atomic E-state index is -0.360. The van der Waals surface area contributed by atoms with Crippen LogP contribution >= 0.6 is 27.5 Å². The number of benzene rings is 1. The number of amides is 1. The molecule has 94 valence electrons. The third-order valence-corrected chi connectivity index (χ3v) is 3.11. The van der Waals surface area contributed by atoms with Crippen LogP contribution in [0.1, 0.15) is 10.4 Å². The van der Waals surface area contributed by atoms with E-state index < -0.39 is 0 Å². The number of phenols is 1. The zero-order valence-electron chi connectivity index (χ0n) is 9.24. The van der Waals surface area contributed by atoms with Crippen molar-refractivity contribution in [1.82, 2.24) is 5.32 Å². The van der Waals surface area contributed by atoms with Crippen molar-refractivity contribution in [3.8, 4) is 5.75 Å². The van der Waals surface area contributed by atoms with Crippen LogP contribution < -0.4 is 5.32 Å². The molecule has 0 aliphatic rings. The fraction of sp³-hybridized carbons (Fsp3) is 0.364. The number of carbonyl (C=O) groups excluding carboxylic acids is 1. The number of halogens is 2. The molecule has 0 aromatic heterocycles. The van der Waals surface area contributed by atoms with Crippen LogP contribution in [0.3, 0.4) is 0 Å². The lowest BCUT2D eigenvalue weighted by Crippen LogP contribution is -2.39. The highest BCUT2D eigenvalue weighted by Crippen LogP contribution is 2.21. The van der Waals surface area contributed by atoms with E-state index in [0.717, 1.165) is 0 Å². The Morgan fingerprint density at radius 1 is 1.65 bits per heavy atom. The van der Waals surface area contributed by atoms with Crippen molar-refractivity contribution in [3.63, 3.8) is 0 Å². The summed E-state index contributed by atoms with van der Waals surface area (Å²) in [5, 5.41) is 13.3. The monoisotopic (exact) mass is 321 g/mol. The fourth-order valence-electron chi connectivity index (χ4n) is 1.29. The molecule has 6 heteroatoms. The number of carbonyl (C=O) groups is 1. The Hall–Kier alpha value is -0.780. The molecule has 17 heavy (non-hydrogen) atoms. The van der Waals surface area contributed by atoms with Crippen molar-refractivity contribution < 1.29 is 14.6 Å². The molecule has 0 saturated heterocycles. The molecule has 0 aliphatic carbocycles. The van der Waals surface area contributed by atoms with Crippen LogP contribution in [0.4, 0.5) is 0 Å². The number of ether oxygens (including phenoxy) is 1. The first-order chi connectivity index (χ1) is 8.08. The largest absolute Gasteiger partial charge is 0.507 e. The summed E-state index contributed by atoms with van der Waals surface area (Å²) >= 11 is 8.95. The van der Waals surface area contributed by atoms with Crippen molar-refractivity contribution in [3.05, 3.63) is 28.8 Å². The molecule has 1 aromatic rings. The Balaban J connectivity index is 2.75. The number of methoxy groups -OCH3 is 1. The maximum absolute atomic E-state index is 11.8. The summed E-state index contributed by atoms with van der Waals surface area (Å²) in [6.45, 7) is 0.394. The van der Waals surface area contributed by atoms with Crippen LogP contribution in [0.2, 0.25) is 5.02 Å². The topological polar surface area (TPSA) is 58.6 Å². The quantitative estimate of drug-likeness (QED) is 0.817. The number of hydrogen-bond donors (Lipinski definition) is 2. The highest BCUT2D eigenvalue weighted by Gasteiger charge is 2.15. The Kier molecular flexibility index (Phi) is 5.74. The first-order valence-corrected chi connectivity index (χ1v) is 6.42. The highest BCUT2D eigenvalue weighted by molar-refractivity contribution is 9.09. The van der Waals surface area contributed by atoms with E-state index in [2.05, 4.69) is 21.2 Å². The minimum Gasteiger partial charge on any atom is -0.507 e. The number of phenolic OH excluding ortho intramolecular Hbond substituents is 1. The van der Waals surface area contributed by atoms with Gasteiger partial charge in [-0.1, -0.05) is 27.5 Å². The van der Waals surface area contributed by atoms with Crippen molar-refractivity contribution in [2.45, 2.75) is 6.04 Å². The van der Waals surface area contributed by atoms with Gasteiger partial charge in [-0.2, -0.15) is 0 Å². The molecule has 0 fully saturated rings. The van der Waals surface area contributed by atoms with Crippen molar-refractivity contribution in [2.75, 3.05) is 19.0 Å². The van der Waals surface area contributed by atoms with E-state index in [1.807, 2.05) is 0 Å². The van der Waals surface area contributed by atoms with Gasteiger partial charge in [0.1, 0.15) is 5.75 Å². The number of nitrogens with one attached hydrogen (secondary N) is 1. The van der Waals surface area contributed by atoms with Gasteiger partial charge in [-0.25, -0.2) is 0 Å². The second kappa shape index (κ2) is 6.83. The normalized spacial score (nSPS) is 12.2. The third-order valence-electron chi connectivity index (χ3n) is 2.09. The maximum atomic E-state index is 11.8. The third kappa shape index (κ3) is 4.18. The smallest absolute Gasteiger partial charge is 0.255 e. The van der Waals surface area contributed by atoms with Crippen LogP contribution in [0, 0.1) is 0 Å². The van der Waals surface area contributed by atoms with E-state index in [4.69, 9.17) is 16.3 Å². The minimum absolute atomic E-state index is 0.138. The first kappa shape index (κ1) is 14.3. The molecule has 0 saturated carbocycles. The molecule has 0 aliphatic heterocycles. The molecule has 1 aromatic carbocycles. The van der Waals surface area contributed by atoms with Gasteiger partial charge in [0.25, 0.3) is 5.91 Å². The summed E-state index contributed by atoms with van der Waals surface area (Å²) < 4.78 is 4.95. The van der Waals surface area contributed by atoms with Crippen molar-refractivity contribution in [1.29, 1.82) is 0 Å². The molecule has 1 unspecified atom stereocenters. The molecule has 4 nitrogen and oxygen atoms in total. The number of rotatable bonds is 5. The number of aromatic hydroxyl groups is 1. The van der Waals surface area contributed by atoms with E-state index >= 15 is 0 Å². The van der Waals surface area contributed by atoms with Crippen molar-refractivity contribution >= 4 is 33.4 Å². The first-order valence-electron chi connectivity index (χ1n) is 4.92. The molecule has 0 bridgehead atoms. The van der Waals surface area contributed by atoms with E-state index in [1.54, 1.807) is 13.2 Å². The molecule has 0 radical (unpaired) electrons. The molecular weight excluding hydrogens is 309 g/mol. The molecule has 0 heterocycles. The lowest BCUT2D eigenvalue weighted by molar-refractivity contribution is 0.0905. The molecule has 1 rings (SSSR count). The second-order valence-electron chi connectivity index (χ2n) is 3.44. The molecule has 1 amide bonds. The van der Waals surface area contributed by atoms with Crippen LogP contribution in [0.5, 0.6) is 5.75 Å². The van der Waals surface area contributed by atoms with E-state index in [9.17, 15) is 9.90 Å². The Labute approximate surface area is 113 Å². The summed E-state index contributed by atoms with van der Waals surface area (Å²) in [4.78, 5) is 11.8. The van der Waals surface area contributed by atoms with Crippen LogP contribution in [0.25, 0.3) is 0 Å². The van der Waals surface area contributed by atoms with Gasteiger partial charge in [0, 0.05) is 17.5 Å². The van der Waals surface area contributed by atoms with Gasteiger partial charge < -0.3 is 15.2 Å². The summed E-state index contributed by atoms with van der Waals surface area (Å²) in [5.74, 6) is -0.499. The van der Waals surface area contributed by atoms with Crippen molar-refractivity contribution in [2.24, 2.45) is 0 Å². The SMILES string of the molecule is COCC(CBr)NC(=O)c1ccc(Cl)cc1O. The molecule has 1 atom stereocenters. The molecular formula is C11H13BrClNO3. The average molecular weight is 323 g/mol. The van der Waals surface area contributed by atoms with Crippen LogP contribution in [0.15, 0.2) is 18.2 Å². The Morgan fingerprint density at radius 2 is 2.35 bits per heavy atom. The van der Waals surface area contributed by atoms with E-state index in [-0.39, 0.29) is 23.3 Å². The van der Waals surface area contributed by atoms with Gasteiger partial charge in [-0.05, 0) is 18.2 Å². The Bertz CT molecular complexity index is 400. The maximum Gasteiger partial charge on any atom is 0.255 e. The van der Waals surface area contributed by atoms with E-state index in [0.29, 0.717) is 17.0 Å². The van der Waals surface area contributed by atoms with Gasteiger partial charge in [0.15, 0.2) is 0 Å².